The number of halogens is 3. The molecule has 2 nitrogen and oxygen atoms in total. The van der Waals surface area contributed by atoms with Crippen LogP contribution in [-0.4, -0.2) is 16.7 Å². The lowest BCUT2D eigenvalue weighted by Crippen LogP contribution is -2.40. The van der Waals surface area contributed by atoms with Crippen LogP contribution >= 0.6 is 0 Å². The van der Waals surface area contributed by atoms with Crippen LogP contribution in [0.5, 0.6) is 0 Å². The molecule has 1 aromatic heterocycles. The molecule has 15 heavy (non-hydrogen) atoms. The van der Waals surface area contributed by atoms with Gasteiger partial charge in [-0.05, 0) is 6.07 Å². The highest BCUT2D eigenvalue weighted by Crippen LogP contribution is 2.43. The summed E-state index contributed by atoms with van der Waals surface area (Å²) in [5, 5.41) is 0. The standard InChI is InChI=1S/C10H8F3NO/c11-8-1-6(4-14-5-8)9(15)7-2-10(12,13)3-7/h1,4-5,7H,2-3H2. The predicted octanol–water partition coefficient (Wildman–Crippen LogP) is 2.45. The lowest BCUT2D eigenvalue weighted by molar-refractivity contribution is -0.0982. The molecule has 1 aromatic rings. The van der Waals surface area contributed by atoms with Gasteiger partial charge in [0.2, 0.25) is 5.92 Å². The van der Waals surface area contributed by atoms with Gasteiger partial charge in [0.05, 0.1) is 6.20 Å². The summed E-state index contributed by atoms with van der Waals surface area (Å²) in [6, 6.07) is 1.02. The molecular weight excluding hydrogens is 207 g/mol. The number of aromatic nitrogens is 1. The van der Waals surface area contributed by atoms with E-state index in [1.807, 2.05) is 0 Å². The Hall–Kier alpha value is -1.39. The van der Waals surface area contributed by atoms with Crippen molar-refractivity contribution in [1.29, 1.82) is 0 Å². The summed E-state index contributed by atoms with van der Waals surface area (Å²) in [5.41, 5.74) is 0.0653. The van der Waals surface area contributed by atoms with Crippen LogP contribution in [0.2, 0.25) is 0 Å². The maximum absolute atomic E-state index is 12.7. The zero-order valence-electron chi connectivity index (χ0n) is 7.71. The van der Waals surface area contributed by atoms with Gasteiger partial charge in [0.25, 0.3) is 0 Å². The zero-order valence-corrected chi connectivity index (χ0v) is 7.71. The van der Waals surface area contributed by atoms with Gasteiger partial charge in [-0.15, -0.1) is 0 Å². The molecule has 1 aliphatic rings. The first-order valence-electron chi connectivity index (χ1n) is 4.50. The van der Waals surface area contributed by atoms with Crippen LogP contribution in [0, 0.1) is 11.7 Å². The molecule has 0 amide bonds. The SMILES string of the molecule is O=C(c1cncc(F)c1)C1CC(F)(F)C1. The number of Topliss-reactive ketones (excluding diaryl/α,β-unsaturated/α-hetero) is 1. The molecule has 1 aliphatic carbocycles. The Morgan fingerprint density at radius 1 is 1.40 bits per heavy atom. The second-order valence-corrected chi connectivity index (χ2v) is 3.72. The highest BCUT2D eigenvalue weighted by Gasteiger charge is 2.48. The van der Waals surface area contributed by atoms with Crippen molar-refractivity contribution in [3.05, 3.63) is 29.8 Å². The first kappa shape index (κ1) is 10.1. The highest BCUT2D eigenvalue weighted by molar-refractivity contribution is 5.98. The zero-order chi connectivity index (χ0) is 11.1. The molecule has 2 rings (SSSR count). The van der Waals surface area contributed by atoms with Crippen molar-refractivity contribution in [3.8, 4) is 0 Å². The van der Waals surface area contributed by atoms with Crippen molar-refractivity contribution in [3.63, 3.8) is 0 Å². The minimum absolute atomic E-state index is 0.0653. The van der Waals surface area contributed by atoms with E-state index in [1.165, 1.54) is 6.20 Å². The number of hydrogen-bond acceptors (Lipinski definition) is 2. The first-order chi connectivity index (χ1) is 6.98. The van der Waals surface area contributed by atoms with Crippen LogP contribution in [0.1, 0.15) is 23.2 Å². The fourth-order valence-corrected chi connectivity index (χ4v) is 1.63. The first-order valence-corrected chi connectivity index (χ1v) is 4.50. The van der Waals surface area contributed by atoms with Gasteiger partial charge in [0.1, 0.15) is 5.82 Å². The lowest BCUT2D eigenvalue weighted by Gasteiger charge is -2.33. The van der Waals surface area contributed by atoms with Crippen LogP contribution in [0.4, 0.5) is 13.2 Å². The molecule has 0 aromatic carbocycles. The number of alkyl halides is 2. The molecule has 80 valence electrons. The third-order valence-electron chi connectivity index (χ3n) is 2.45. The van der Waals surface area contributed by atoms with Gasteiger partial charge in [-0.1, -0.05) is 0 Å². The molecule has 0 N–H and O–H groups in total. The number of hydrogen-bond donors (Lipinski definition) is 0. The van der Waals surface area contributed by atoms with Crippen molar-refractivity contribution < 1.29 is 18.0 Å². The molecule has 0 atom stereocenters. The highest BCUT2D eigenvalue weighted by atomic mass is 19.3. The van der Waals surface area contributed by atoms with E-state index in [-0.39, 0.29) is 5.56 Å². The van der Waals surface area contributed by atoms with E-state index >= 15 is 0 Å². The summed E-state index contributed by atoms with van der Waals surface area (Å²) < 4.78 is 37.7. The van der Waals surface area contributed by atoms with Crippen molar-refractivity contribution in [2.24, 2.45) is 5.92 Å². The number of carbonyl (C=O) groups is 1. The van der Waals surface area contributed by atoms with E-state index in [1.54, 1.807) is 0 Å². The van der Waals surface area contributed by atoms with Crippen LogP contribution in [-0.2, 0) is 0 Å². The Labute approximate surface area is 84.1 Å². The maximum atomic E-state index is 12.7. The monoisotopic (exact) mass is 215 g/mol. The van der Waals surface area contributed by atoms with Crippen LogP contribution < -0.4 is 0 Å². The molecular formula is C10H8F3NO. The number of carbonyl (C=O) groups excluding carboxylic acids is 1. The summed E-state index contributed by atoms with van der Waals surface area (Å²) in [7, 11) is 0. The molecule has 1 heterocycles. The molecule has 0 unspecified atom stereocenters. The van der Waals surface area contributed by atoms with Gasteiger partial charge in [-0.25, -0.2) is 13.2 Å². The molecule has 0 bridgehead atoms. The van der Waals surface area contributed by atoms with Crippen molar-refractivity contribution in [2.75, 3.05) is 0 Å². The van der Waals surface area contributed by atoms with Crippen LogP contribution in [0.15, 0.2) is 18.5 Å². The summed E-state index contributed by atoms with van der Waals surface area (Å²) in [6.45, 7) is 0. The number of ketones is 1. The van der Waals surface area contributed by atoms with Gasteiger partial charge < -0.3 is 0 Å². The van der Waals surface area contributed by atoms with E-state index in [0.29, 0.717) is 0 Å². The van der Waals surface area contributed by atoms with E-state index < -0.39 is 36.3 Å². The van der Waals surface area contributed by atoms with E-state index in [0.717, 1.165) is 12.3 Å². The van der Waals surface area contributed by atoms with Gasteiger partial charge in [-0.2, -0.15) is 0 Å². The molecule has 0 aliphatic heterocycles. The molecule has 5 heteroatoms. The number of nitrogens with zero attached hydrogens (tertiary/aromatic N) is 1. The summed E-state index contributed by atoms with van der Waals surface area (Å²) >= 11 is 0. The number of rotatable bonds is 2. The average molecular weight is 215 g/mol. The van der Waals surface area contributed by atoms with Crippen LogP contribution in [0.25, 0.3) is 0 Å². The average Bonchev–Trinajstić information content (AvgIpc) is 2.13. The van der Waals surface area contributed by atoms with E-state index in [2.05, 4.69) is 4.98 Å². The topological polar surface area (TPSA) is 30.0 Å². The largest absolute Gasteiger partial charge is 0.294 e. The number of pyridine rings is 1. The normalized spacial score (nSPS) is 19.7. The lowest BCUT2D eigenvalue weighted by atomic mass is 9.77. The second kappa shape index (κ2) is 3.32. The summed E-state index contributed by atoms with van der Waals surface area (Å²) in [6.07, 6.45) is 1.28. The fraction of sp³-hybridized carbons (Fsp3) is 0.400. The molecule has 1 fully saturated rings. The maximum Gasteiger partial charge on any atom is 0.249 e. The molecule has 0 saturated heterocycles. The summed E-state index contributed by atoms with van der Waals surface area (Å²) in [5.74, 6) is -4.51. The molecule has 0 radical (unpaired) electrons. The van der Waals surface area contributed by atoms with E-state index in [4.69, 9.17) is 0 Å². The Morgan fingerprint density at radius 2 is 2.07 bits per heavy atom. The fourth-order valence-electron chi connectivity index (χ4n) is 1.63. The Balaban J connectivity index is 2.10. The Bertz CT molecular complexity index is 397. The van der Waals surface area contributed by atoms with Gasteiger partial charge in [-0.3, -0.25) is 9.78 Å². The molecule has 1 saturated carbocycles. The van der Waals surface area contributed by atoms with Gasteiger partial charge >= 0.3 is 0 Å². The van der Waals surface area contributed by atoms with Crippen molar-refractivity contribution in [1.82, 2.24) is 4.98 Å². The van der Waals surface area contributed by atoms with Crippen molar-refractivity contribution in [2.45, 2.75) is 18.8 Å². The third-order valence-corrected chi connectivity index (χ3v) is 2.45. The van der Waals surface area contributed by atoms with Gasteiger partial charge in [0, 0.05) is 30.5 Å². The third kappa shape index (κ3) is 2.00. The van der Waals surface area contributed by atoms with Crippen LogP contribution in [0.3, 0.4) is 0 Å². The minimum atomic E-state index is -2.74. The minimum Gasteiger partial charge on any atom is -0.294 e. The van der Waals surface area contributed by atoms with Gasteiger partial charge in [0.15, 0.2) is 5.78 Å². The Kier molecular flexibility index (Phi) is 2.25. The smallest absolute Gasteiger partial charge is 0.249 e. The quantitative estimate of drug-likeness (QED) is 0.709. The molecule has 0 spiro atoms. The predicted molar refractivity (Wildman–Crippen MR) is 46.2 cm³/mol. The van der Waals surface area contributed by atoms with Crippen molar-refractivity contribution >= 4 is 5.78 Å². The Morgan fingerprint density at radius 3 is 2.60 bits per heavy atom. The second-order valence-electron chi connectivity index (χ2n) is 3.72. The summed E-state index contributed by atoms with van der Waals surface area (Å²) in [4.78, 5) is 15.0. The van der Waals surface area contributed by atoms with E-state index in [9.17, 15) is 18.0 Å².